The maximum atomic E-state index is 13.6. The fraction of sp³-hybridized carbons (Fsp3) is 0.577. The van der Waals surface area contributed by atoms with Crippen LogP contribution in [0.4, 0.5) is 0 Å². The van der Waals surface area contributed by atoms with Crippen molar-refractivity contribution in [3.8, 4) is 0 Å². The second kappa shape index (κ2) is 7.17. The van der Waals surface area contributed by atoms with Gasteiger partial charge in [-0.25, -0.2) is 0 Å². The minimum Gasteiger partial charge on any atom is -0.290 e. The summed E-state index contributed by atoms with van der Waals surface area (Å²) >= 11 is 7.34. The van der Waals surface area contributed by atoms with E-state index in [1.807, 2.05) is 24.3 Å². The number of ketones is 1. The van der Waals surface area contributed by atoms with Crippen molar-refractivity contribution in [1.82, 2.24) is 0 Å². The van der Waals surface area contributed by atoms with E-state index in [-0.39, 0.29) is 16.6 Å². The Balaban J connectivity index is 1.43. The highest BCUT2D eigenvalue weighted by Crippen LogP contribution is 2.69. The highest BCUT2D eigenvalue weighted by molar-refractivity contribution is 7.87. The standard InChI is InChI=1S/C26H31ClO2S/c1-24-13-10-20(28)16-19(24)8-9-21-22(24)11-14-25(2)23(21)12-15-26(25,27)30(29)17-18-6-4-3-5-7-18/h3-7,10,13,16,21-23H,8-9,11-12,14-15,17H2,1-2H3/t21?,22?,23?,24-,25-,26-,30?/m0/s1. The Morgan fingerprint density at radius 2 is 1.80 bits per heavy atom. The highest BCUT2D eigenvalue weighted by atomic mass is 35.5. The first-order chi connectivity index (χ1) is 14.3. The molecule has 5 rings (SSSR count). The molecule has 7 atom stereocenters. The van der Waals surface area contributed by atoms with Crippen molar-refractivity contribution in [3.63, 3.8) is 0 Å². The number of halogens is 1. The Kier molecular flexibility index (Phi) is 4.95. The van der Waals surface area contributed by atoms with Crippen molar-refractivity contribution in [2.45, 2.75) is 62.3 Å². The van der Waals surface area contributed by atoms with Crippen LogP contribution in [0.15, 0.2) is 54.1 Å². The van der Waals surface area contributed by atoms with Gasteiger partial charge in [-0.15, -0.1) is 11.6 Å². The van der Waals surface area contributed by atoms with Gasteiger partial charge in [-0.1, -0.05) is 55.8 Å². The number of benzene rings is 1. The van der Waals surface area contributed by atoms with Crippen LogP contribution < -0.4 is 0 Å². The van der Waals surface area contributed by atoms with Crippen molar-refractivity contribution in [1.29, 1.82) is 0 Å². The zero-order valence-corrected chi connectivity index (χ0v) is 19.5. The molecular formula is C26H31ClO2S. The van der Waals surface area contributed by atoms with Gasteiger partial charge in [-0.05, 0) is 74.0 Å². The second-order valence-electron chi connectivity index (χ2n) is 10.3. The van der Waals surface area contributed by atoms with Crippen LogP contribution in [0.25, 0.3) is 0 Å². The lowest BCUT2D eigenvalue weighted by atomic mass is 9.48. The Bertz CT molecular complexity index is 953. The first-order valence-electron chi connectivity index (χ1n) is 11.3. The van der Waals surface area contributed by atoms with Crippen molar-refractivity contribution < 1.29 is 9.00 Å². The summed E-state index contributed by atoms with van der Waals surface area (Å²) in [6, 6.07) is 10.1. The van der Waals surface area contributed by atoms with E-state index >= 15 is 0 Å². The molecule has 1 aromatic carbocycles. The molecule has 0 spiro atoms. The molecule has 0 aliphatic heterocycles. The third-order valence-corrected chi connectivity index (χ3v) is 12.2. The lowest BCUT2D eigenvalue weighted by Gasteiger charge is -2.57. The van der Waals surface area contributed by atoms with E-state index in [0.29, 0.717) is 23.5 Å². The molecule has 4 heteroatoms. The van der Waals surface area contributed by atoms with Gasteiger partial charge in [-0.2, -0.15) is 0 Å². The van der Waals surface area contributed by atoms with Crippen molar-refractivity contribution in [3.05, 3.63) is 59.7 Å². The molecule has 0 bridgehead atoms. The van der Waals surface area contributed by atoms with Crippen LogP contribution >= 0.6 is 11.6 Å². The van der Waals surface area contributed by atoms with E-state index in [4.69, 9.17) is 11.6 Å². The third-order valence-electron chi connectivity index (χ3n) is 9.08. The number of allylic oxidation sites excluding steroid dienone is 4. The molecule has 3 fully saturated rings. The maximum Gasteiger partial charge on any atom is 0.178 e. The summed E-state index contributed by atoms with van der Waals surface area (Å²) in [5, 5.41) is 0. The van der Waals surface area contributed by atoms with Crippen LogP contribution in [0.5, 0.6) is 0 Å². The van der Waals surface area contributed by atoms with Crippen LogP contribution in [0.3, 0.4) is 0 Å². The molecule has 2 nitrogen and oxygen atoms in total. The minimum absolute atomic E-state index is 0.00108. The molecule has 4 aliphatic carbocycles. The molecule has 1 aromatic rings. The number of fused-ring (bicyclic) bond motifs is 5. The number of hydrogen-bond donors (Lipinski definition) is 0. The first-order valence-corrected chi connectivity index (χ1v) is 13.0. The summed E-state index contributed by atoms with van der Waals surface area (Å²) < 4.78 is 13.0. The summed E-state index contributed by atoms with van der Waals surface area (Å²) in [5.74, 6) is 2.34. The Morgan fingerprint density at radius 3 is 2.57 bits per heavy atom. The highest BCUT2D eigenvalue weighted by Gasteiger charge is 2.65. The van der Waals surface area contributed by atoms with Gasteiger partial charge in [0.25, 0.3) is 0 Å². The lowest BCUT2D eigenvalue weighted by Crippen LogP contribution is -2.53. The van der Waals surface area contributed by atoms with Gasteiger partial charge in [-0.3, -0.25) is 9.00 Å². The Labute approximate surface area is 187 Å². The van der Waals surface area contributed by atoms with E-state index in [1.165, 1.54) is 5.57 Å². The molecule has 0 aromatic heterocycles. The molecule has 0 radical (unpaired) electrons. The Hall–Kier alpha value is -1.19. The molecule has 0 amide bonds. The fourth-order valence-corrected chi connectivity index (χ4v) is 9.70. The molecule has 4 aliphatic rings. The van der Waals surface area contributed by atoms with Crippen LogP contribution in [0.1, 0.15) is 57.9 Å². The largest absolute Gasteiger partial charge is 0.290 e. The molecule has 3 saturated carbocycles. The van der Waals surface area contributed by atoms with Gasteiger partial charge in [0.05, 0.1) is 5.75 Å². The van der Waals surface area contributed by atoms with E-state index in [0.717, 1.165) is 44.1 Å². The van der Waals surface area contributed by atoms with E-state index in [9.17, 15) is 9.00 Å². The zero-order chi connectivity index (χ0) is 21.1. The normalized spacial score (nSPS) is 43.4. The van der Waals surface area contributed by atoms with Crippen molar-refractivity contribution >= 4 is 28.2 Å². The maximum absolute atomic E-state index is 13.6. The van der Waals surface area contributed by atoms with E-state index < -0.39 is 15.0 Å². The van der Waals surface area contributed by atoms with E-state index in [1.54, 1.807) is 6.08 Å². The van der Waals surface area contributed by atoms with Gasteiger partial charge in [0.2, 0.25) is 0 Å². The van der Waals surface area contributed by atoms with Gasteiger partial charge < -0.3 is 0 Å². The molecule has 0 heterocycles. The summed E-state index contributed by atoms with van der Waals surface area (Å²) in [6.07, 6.45) is 12.0. The van der Waals surface area contributed by atoms with Gasteiger partial charge >= 0.3 is 0 Å². The summed E-state index contributed by atoms with van der Waals surface area (Å²) in [5.41, 5.74) is 2.33. The summed E-state index contributed by atoms with van der Waals surface area (Å²) in [6.45, 7) is 4.66. The topological polar surface area (TPSA) is 34.1 Å². The fourth-order valence-electron chi connectivity index (χ4n) is 7.35. The average molecular weight is 443 g/mol. The summed E-state index contributed by atoms with van der Waals surface area (Å²) in [7, 11) is -1.11. The van der Waals surface area contributed by atoms with Crippen LogP contribution in [-0.4, -0.2) is 14.2 Å². The quantitative estimate of drug-likeness (QED) is 0.524. The predicted molar refractivity (Wildman–Crippen MR) is 123 cm³/mol. The Morgan fingerprint density at radius 1 is 1.07 bits per heavy atom. The molecule has 0 saturated heterocycles. The molecule has 160 valence electrons. The molecular weight excluding hydrogens is 412 g/mol. The minimum atomic E-state index is -1.11. The molecule has 30 heavy (non-hydrogen) atoms. The number of hydrogen-bond acceptors (Lipinski definition) is 2. The smallest absolute Gasteiger partial charge is 0.178 e. The number of alkyl halides is 1. The summed E-state index contributed by atoms with van der Waals surface area (Å²) in [4.78, 5) is 11.9. The van der Waals surface area contributed by atoms with Crippen molar-refractivity contribution in [2.24, 2.45) is 28.6 Å². The predicted octanol–water partition coefficient (Wildman–Crippen LogP) is 6.18. The number of carbonyl (C=O) groups excluding carboxylic acids is 1. The van der Waals surface area contributed by atoms with Crippen molar-refractivity contribution in [2.75, 3.05) is 0 Å². The average Bonchev–Trinajstić information content (AvgIpc) is 3.01. The van der Waals surface area contributed by atoms with E-state index in [2.05, 4.69) is 32.1 Å². The third kappa shape index (κ3) is 2.88. The molecule has 4 unspecified atom stereocenters. The van der Waals surface area contributed by atoms with Gasteiger partial charge in [0.15, 0.2) is 5.78 Å². The lowest BCUT2D eigenvalue weighted by molar-refractivity contribution is -0.111. The van der Waals surface area contributed by atoms with Gasteiger partial charge in [0, 0.05) is 21.6 Å². The van der Waals surface area contributed by atoms with Gasteiger partial charge in [0.1, 0.15) is 4.21 Å². The zero-order valence-electron chi connectivity index (χ0n) is 17.9. The number of carbonyl (C=O) groups is 1. The first kappa shape index (κ1) is 20.7. The monoisotopic (exact) mass is 442 g/mol. The van der Waals surface area contributed by atoms with Crippen LogP contribution in [-0.2, 0) is 21.3 Å². The second-order valence-corrected chi connectivity index (χ2v) is 12.8. The SMILES string of the molecule is C[C@]12C=CC(=O)C=C1CCC1C2CC[C@@]2(C)C1CC[C@]2(Cl)S(=O)Cc1ccccc1. The number of rotatable bonds is 3. The van der Waals surface area contributed by atoms with Crippen LogP contribution in [0, 0.1) is 28.6 Å². The van der Waals surface area contributed by atoms with Crippen LogP contribution in [0.2, 0.25) is 0 Å². The molecule has 0 N–H and O–H groups in total.